The highest BCUT2D eigenvalue weighted by atomic mass is 32.1. The minimum absolute atomic E-state index is 0.0778. The van der Waals surface area contributed by atoms with Crippen molar-refractivity contribution in [2.75, 3.05) is 6.54 Å². The van der Waals surface area contributed by atoms with Crippen LogP contribution in [-0.2, 0) is 0 Å². The van der Waals surface area contributed by atoms with Gasteiger partial charge in [0.15, 0.2) is 5.06 Å². The molecule has 0 unspecified atom stereocenters. The molecule has 0 amide bonds. The lowest BCUT2D eigenvalue weighted by Crippen LogP contribution is -2.07. The molecule has 0 saturated carbocycles. The maximum absolute atomic E-state index is 11.9. The molecule has 1 aromatic heterocycles. The van der Waals surface area contributed by atoms with E-state index in [-0.39, 0.29) is 12.3 Å². The fourth-order valence-electron chi connectivity index (χ4n) is 0.559. The first-order valence-corrected chi connectivity index (χ1v) is 3.95. The van der Waals surface area contributed by atoms with Gasteiger partial charge in [-0.2, -0.15) is 0 Å². The molecule has 0 aliphatic heterocycles. The van der Waals surface area contributed by atoms with E-state index in [1.165, 1.54) is 11.3 Å². The SMILES string of the molecule is NCC(=CF)Oc1cccs1. The highest BCUT2D eigenvalue weighted by Gasteiger charge is 1.98. The van der Waals surface area contributed by atoms with Gasteiger partial charge in [-0.1, -0.05) is 0 Å². The van der Waals surface area contributed by atoms with E-state index < -0.39 is 0 Å². The van der Waals surface area contributed by atoms with E-state index in [4.69, 9.17) is 10.5 Å². The molecule has 0 spiro atoms. The summed E-state index contributed by atoms with van der Waals surface area (Å²) in [6.07, 6.45) is 0.375. The molecule has 0 aromatic carbocycles. The molecule has 1 rings (SSSR count). The van der Waals surface area contributed by atoms with Gasteiger partial charge in [-0.05, 0) is 17.5 Å². The standard InChI is InChI=1S/C7H8FNOS/c8-4-6(5-9)10-7-2-1-3-11-7/h1-4H,5,9H2. The summed E-state index contributed by atoms with van der Waals surface area (Å²) in [6.45, 7) is 0.0778. The van der Waals surface area contributed by atoms with Gasteiger partial charge in [0.1, 0.15) is 12.1 Å². The molecule has 0 atom stereocenters. The zero-order valence-corrected chi connectivity index (χ0v) is 6.60. The van der Waals surface area contributed by atoms with Gasteiger partial charge in [0.2, 0.25) is 0 Å². The molecular formula is C7H8FNOS. The van der Waals surface area contributed by atoms with Crippen LogP contribution in [-0.4, -0.2) is 6.54 Å². The van der Waals surface area contributed by atoms with E-state index in [0.29, 0.717) is 11.4 Å². The monoisotopic (exact) mass is 173 g/mol. The van der Waals surface area contributed by atoms with Gasteiger partial charge >= 0.3 is 0 Å². The maximum Gasteiger partial charge on any atom is 0.180 e. The number of thiophene rings is 1. The molecule has 0 saturated heterocycles. The van der Waals surface area contributed by atoms with Crippen LogP contribution in [0, 0.1) is 0 Å². The number of nitrogens with two attached hydrogens (primary N) is 1. The van der Waals surface area contributed by atoms with Gasteiger partial charge in [-0.3, -0.25) is 0 Å². The summed E-state index contributed by atoms with van der Waals surface area (Å²) in [5.41, 5.74) is 5.17. The van der Waals surface area contributed by atoms with E-state index in [0.717, 1.165) is 0 Å². The smallest absolute Gasteiger partial charge is 0.180 e. The Morgan fingerprint density at radius 2 is 2.64 bits per heavy atom. The third-order valence-electron chi connectivity index (χ3n) is 1.05. The Hall–Kier alpha value is -0.870. The minimum atomic E-state index is 0.0778. The van der Waals surface area contributed by atoms with Crippen LogP contribution in [0.3, 0.4) is 0 Å². The highest BCUT2D eigenvalue weighted by Crippen LogP contribution is 2.20. The lowest BCUT2D eigenvalue weighted by molar-refractivity contribution is 0.413. The number of rotatable bonds is 3. The van der Waals surface area contributed by atoms with Crippen LogP contribution in [0.2, 0.25) is 0 Å². The van der Waals surface area contributed by atoms with Crippen molar-refractivity contribution < 1.29 is 9.13 Å². The van der Waals surface area contributed by atoms with E-state index in [1.54, 1.807) is 6.07 Å². The molecule has 0 radical (unpaired) electrons. The molecule has 60 valence electrons. The predicted octanol–water partition coefficient (Wildman–Crippen LogP) is 1.90. The van der Waals surface area contributed by atoms with Crippen LogP contribution < -0.4 is 10.5 Å². The average Bonchev–Trinajstić information content (AvgIpc) is 2.52. The van der Waals surface area contributed by atoms with E-state index >= 15 is 0 Å². The molecule has 1 heterocycles. The van der Waals surface area contributed by atoms with E-state index in [1.807, 2.05) is 11.4 Å². The minimum Gasteiger partial charge on any atom is -0.447 e. The second-order valence-electron chi connectivity index (χ2n) is 1.81. The third-order valence-corrected chi connectivity index (χ3v) is 1.79. The normalized spacial score (nSPS) is 11.6. The van der Waals surface area contributed by atoms with Crippen molar-refractivity contribution in [1.29, 1.82) is 0 Å². The highest BCUT2D eigenvalue weighted by molar-refractivity contribution is 7.11. The molecule has 1 aromatic rings. The Labute approximate surface area is 68.1 Å². The second kappa shape index (κ2) is 4.10. The Morgan fingerprint density at radius 1 is 1.82 bits per heavy atom. The van der Waals surface area contributed by atoms with Crippen molar-refractivity contribution in [1.82, 2.24) is 0 Å². The van der Waals surface area contributed by atoms with Crippen molar-refractivity contribution in [2.24, 2.45) is 5.73 Å². The Bertz CT molecular complexity index is 233. The van der Waals surface area contributed by atoms with Gasteiger partial charge in [-0.15, -0.1) is 11.3 Å². The first-order valence-electron chi connectivity index (χ1n) is 3.07. The summed E-state index contributed by atoms with van der Waals surface area (Å²) in [7, 11) is 0. The number of hydrogen-bond acceptors (Lipinski definition) is 3. The topological polar surface area (TPSA) is 35.2 Å². The van der Waals surface area contributed by atoms with Crippen molar-refractivity contribution >= 4 is 11.3 Å². The van der Waals surface area contributed by atoms with Crippen molar-refractivity contribution in [2.45, 2.75) is 0 Å². The third kappa shape index (κ3) is 2.32. The quantitative estimate of drug-likeness (QED) is 0.708. The van der Waals surface area contributed by atoms with Gasteiger partial charge in [0, 0.05) is 0 Å². The van der Waals surface area contributed by atoms with Gasteiger partial charge < -0.3 is 10.5 Å². The van der Waals surface area contributed by atoms with Crippen molar-refractivity contribution in [3.63, 3.8) is 0 Å². The van der Waals surface area contributed by atoms with Gasteiger partial charge in [0.25, 0.3) is 0 Å². The molecule has 4 heteroatoms. The molecule has 0 fully saturated rings. The molecule has 0 aliphatic rings. The fourth-order valence-corrected chi connectivity index (χ4v) is 1.16. The van der Waals surface area contributed by atoms with Crippen LogP contribution in [0.4, 0.5) is 4.39 Å². The van der Waals surface area contributed by atoms with Crippen molar-refractivity contribution in [3.05, 3.63) is 29.6 Å². The molecule has 0 aliphatic carbocycles. The lowest BCUT2D eigenvalue weighted by Gasteiger charge is -2.01. The lowest BCUT2D eigenvalue weighted by atomic mass is 10.5. The van der Waals surface area contributed by atoms with Crippen LogP contribution >= 0.6 is 11.3 Å². The Balaban J connectivity index is 2.55. The molecular weight excluding hydrogens is 165 g/mol. The first-order chi connectivity index (χ1) is 5.36. The molecule has 2 nitrogen and oxygen atoms in total. The Morgan fingerprint density at radius 3 is 3.09 bits per heavy atom. The summed E-state index contributed by atoms with van der Waals surface area (Å²) in [5, 5.41) is 2.50. The largest absolute Gasteiger partial charge is 0.447 e. The van der Waals surface area contributed by atoms with Crippen LogP contribution in [0.5, 0.6) is 5.06 Å². The molecule has 0 bridgehead atoms. The molecule has 11 heavy (non-hydrogen) atoms. The maximum atomic E-state index is 11.9. The van der Waals surface area contributed by atoms with Crippen molar-refractivity contribution in [3.8, 4) is 5.06 Å². The van der Waals surface area contributed by atoms with E-state index in [9.17, 15) is 4.39 Å². The number of hydrogen-bond donors (Lipinski definition) is 1. The first kappa shape index (κ1) is 8.23. The molecule has 2 N–H and O–H groups in total. The number of ether oxygens (including phenoxy) is 1. The number of halogens is 1. The van der Waals surface area contributed by atoms with Crippen LogP contribution in [0.15, 0.2) is 29.6 Å². The Kier molecular flexibility index (Phi) is 3.07. The van der Waals surface area contributed by atoms with E-state index in [2.05, 4.69) is 0 Å². The van der Waals surface area contributed by atoms with Gasteiger partial charge in [0.05, 0.1) is 6.54 Å². The summed E-state index contributed by atoms with van der Waals surface area (Å²) in [5.74, 6) is 0.146. The summed E-state index contributed by atoms with van der Waals surface area (Å²) in [6, 6.07) is 3.58. The van der Waals surface area contributed by atoms with Crippen LogP contribution in [0.25, 0.3) is 0 Å². The van der Waals surface area contributed by atoms with Gasteiger partial charge in [-0.25, -0.2) is 4.39 Å². The second-order valence-corrected chi connectivity index (χ2v) is 2.72. The summed E-state index contributed by atoms with van der Waals surface area (Å²) >= 11 is 1.40. The summed E-state index contributed by atoms with van der Waals surface area (Å²) in [4.78, 5) is 0. The predicted molar refractivity (Wildman–Crippen MR) is 43.2 cm³/mol. The average molecular weight is 173 g/mol. The fraction of sp³-hybridized carbons (Fsp3) is 0.143. The summed E-state index contributed by atoms with van der Waals surface area (Å²) < 4.78 is 16.9. The van der Waals surface area contributed by atoms with Crippen LogP contribution in [0.1, 0.15) is 0 Å². The zero-order chi connectivity index (χ0) is 8.10. The zero-order valence-electron chi connectivity index (χ0n) is 5.79.